The maximum atomic E-state index is 12.4. The highest BCUT2D eigenvalue weighted by Gasteiger charge is 2.31. The molecule has 0 aliphatic carbocycles. The van der Waals surface area contributed by atoms with E-state index in [1.54, 1.807) is 0 Å². The van der Waals surface area contributed by atoms with Gasteiger partial charge in [0.2, 0.25) is 5.69 Å². The van der Waals surface area contributed by atoms with Crippen LogP contribution in [-0.2, 0) is 6.18 Å². The summed E-state index contributed by atoms with van der Waals surface area (Å²) < 4.78 is 37.9. The molecule has 0 amide bonds. The van der Waals surface area contributed by atoms with Crippen LogP contribution < -0.4 is 0 Å². The first-order valence-electron chi connectivity index (χ1n) is 5.31. The quantitative estimate of drug-likeness (QED) is 0.893. The summed E-state index contributed by atoms with van der Waals surface area (Å²) in [5, 5.41) is 24.3. The molecule has 2 rings (SSSR count). The number of hydrogen-bond acceptors (Lipinski definition) is 4. The zero-order valence-corrected chi connectivity index (χ0v) is 10.00. The summed E-state index contributed by atoms with van der Waals surface area (Å²) in [6.07, 6.45) is -4.54. The number of benzene rings is 1. The van der Waals surface area contributed by atoms with Crippen molar-refractivity contribution >= 4 is 11.9 Å². The van der Waals surface area contributed by atoms with Gasteiger partial charge in [0.25, 0.3) is 0 Å². The predicted molar refractivity (Wildman–Crippen MR) is 60.3 cm³/mol. The summed E-state index contributed by atoms with van der Waals surface area (Å²) in [5.41, 5.74) is -2.54. The van der Waals surface area contributed by atoms with Gasteiger partial charge in [0.15, 0.2) is 5.69 Å². The Morgan fingerprint density at radius 2 is 1.62 bits per heavy atom. The molecule has 2 aromatic rings. The van der Waals surface area contributed by atoms with Crippen molar-refractivity contribution in [3.05, 3.63) is 41.2 Å². The van der Waals surface area contributed by atoms with E-state index in [1.165, 1.54) is 0 Å². The van der Waals surface area contributed by atoms with Crippen molar-refractivity contribution in [1.29, 1.82) is 0 Å². The number of aromatic carboxylic acids is 2. The molecule has 0 atom stereocenters. The minimum atomic E-state index is -4.54. The number of carboxylic acids is 2. The molecule has 1 heterocycles. The Morgan fingerprint density at radius 1 is 1.05 bits per heavy atom. The molecular weight excluding hydrogens is 295 g/mol. The number of nitrogens with zero attached hydrogens (tertiary/aromatic N) is 3. The molecule has 21 heavy (non-hydrogen) atoms. The number of carbonyl (C=O) groups is 2. The largest absolute Gasteiger partial charge is 0.476 e. The SMILES string of the molecule is O=C(O)c1nnn(-c2ccc(C(F)(F)F)cc2)c1C(=O)O. The van der Waals surface area contributed by atoms with Gasteiger partial charge in [0, 0.05) is 0 Å². The molecule has 1 aromatic carbocycles. The minimum absolute atomic E-state index is 0.0552. The van der Waals surface area contributed by atoms with Gasteiger partial charge in [-0.2, -0.15) is 13.2 Å². The van der Waals surface area contributed by atoms with Gasteiger partial charge in [-0.05, 0) is 24.3 Å². The third-order valence-corrected chi connectivity index (χ3v) is 2.51. The fourth-order valence-corrected chi connectivity index (χ4v) is 1.59. The summed E-state index contributed by atoms with van der Waals surface area (Å²) in [4.78, 5) is 21.9. The number of hydrogen-bond donors (Lipinski definition) is 2. The molecule has 1 aromatic heterocycles. The first-order valence-corrected chi connectivity index (χ1v) is 5.31. The second-order valence-corrected chi connectivity index (χ2v) is 3.85. The van der Waals surface area contributed by atoms with Crippen LogP contribution in [0.2, 0.25) is 0 Å². The predicted octanol–water partition coefficient (Wildman–Crippen LogP) is 1.68. The highest BCUT2D eigenvalue weighted by molar-refractivity contribution is 5.99. The highest BCUT2D eigenvalue weighted by Crippen LogP contribution is 2.29. The molecule has 2 N–H and O–H groups in total. The number of alkyl halides is 3. The Bertz CT molecular complexity index is 706. The van der Waals surface area contributed by atoms with E-state index in [9.17, 15) is 22.8 Å². The standard InChI is InChI=1S/C11H6F3N3O4/c12-11(13,14)5-1-3-6(4-2-5)17-8(10(20)21)7(9(18)19)15-16-17/h1-4H,(H,18,19)(H,20,21). The first-order chi connectivity index (χ1) is 9.71. The van der Waals surface area contributed by atoms with Crippen LogP contribution in [-0.4, -0.2) is 37.1 Å². The summed E-state index contributed by atoms with van der Waals surface area (Å²) in [6, 6.07) is 3.39. The Hall–Kier alpha value is -2.91. The Kier molecular flexibility index (Phi) is 3.37. The Labute approximate surface area is 114 Å². The van der Waals surface area contributed by atoms with E-state index in [-0.39, 0.29) is 5.69 Å². The van der Waals surface area contributed by atoms with E-state index in [2.05, 4.69) is 10.3 Å². The number of halogens is 3. The van der Waals surface area contributed by atoms with Gasteiger partial charge in [-0.1, -0.05) is 5.21 Å². The van der Waals surface area contributed by atoms with Crippen LogP contribution in [0.25, 0.3) is 5.69 Å². The Morgan fingerprint density at radius 3 is 2.05 bits per heavy atom. The second kappa shape index (κ2) is 4.89. The van der Waals surface area contributed by atoms with Crippen LogP contribution in [0.15, 0.2) is 24.3 Å². The Balaban J connectivity index is 2.52. The van der Waals surface area contributed by atoms with Gasteiger partial charge >= 0.3 is 18.1 Å². The smallest absolute Gasteiger partial charge is 0.416 e. The van der Waals surface area contributed by atoms with Crippen molar-refractivity contribution in [3.8, 4) is 5.69 Å². The topological polar surface area (TPSA) is 105 Å². The van der Waals surface area contributed by atoms with Crippen LogP contribution in [0.3, 0.4) is 0 Å². The average Bonchev–Trinajstić information content (AvgIpc) is 2.82. The van der Waals surface area contributed by atoms with Crippen LogP contribution >= 0.6 is 0 Å². The van der Waals surface area contributed by atoms with Crippen molar-refractivity contribution in [2.75, 3.05) is 0 Å². The van der Waals surface area contributed by atoms with E-state index in [0.29, 0.717) is 4.68 Å². The molecule has 7 nitrogen and oxygen atoms in total. The van der Waals surface area contributed by atoms with Crippen molar-refractivity contribution in [1.82, 2.24) is 15.0 Å². The highest BCUT2D eigenvalue weighted by atomic mass is 19.4. The van der Waals surface area contributed by atoms with Gasteiger partial charge in [-0.3, -0.25) is 0 Å². The van der Waals surface area contributed by atoms with Crippen LogP contribution in [0.4, 0.5) is 13.2 Å². The monoisotopic (exact) mass is 301 g/mol. The lowest BCUT2D eigenvalue weighted by atomic mass is 10.2. The van der Waals surface area contributed by atoms with Crippen LogP contribution in [0.1, 0.15) is 26.5 Å². The lowest BCUT2D eigenvalue weighted by Gasteiger charge is -2.08. The minimum Gasteiger partial charge on any atom is -0.476 e. The summed E-state index contributed by atoms with van der Waals surface area (Å²) in [7, 11) is 0. The van der Waals surface area contributed by atoms with Crippen molar-refractivity contribution in [2.24, 2.45) is 0 Å². The lowest BCUT2D eigenvalue weighted by molar-refractivity contribution is -0.137. The van der Waals surface area contributed by atoms with E-state index in [1.807, 2.05) is 0 Å². The van der Waals surface area contributed by atoms with Crippen LogP contribution in [0, 0.1) is 0 Å². The summed E-state index contributed by atoms with van der Waals surface area (Å²) >= 11 is 0. The number of rotatable bonds is 3. The zero-order chi connectivity index (χ0) is 15.8. The van der Waals surface area contributed by atoms with Crippen molar-refractivity contribution < 1.29 is 33.0 Å². The fourth-order valence-electron chi connectivity index (χ4n) is 1.59. The molecule has 0 unspecified atom stereocenters. The molecule has 0 saturated carbocycles. The van der Waals surface area contributed by atoms with Crippen molar-refractivity contribution in [2.45, 2.75) is 6.18 Å². The van der Waals surface area contributed by atoms with Gasteiger partial charge < -0.3 is 10.2 Å². The molecule has 0 fully saturated rings. The van der Waals surface area contributed by atoms with Gasteiger partial charge in [0.05, 0.1) is 11.3 Å². The van der Waals surface area contributed by atoms with Gasteiger partial charge in [0.1, 0.15) is 0 Å². The zero-order valence-electron chi connectivity index (χ0n) is 10.00. The second-order valence-electron chi connectivity index (χ2n) is 3.85. The van der Waals surface area contributed by atoms with Gasteiger partial charge in [-0.15, -0.1) is 5.10 Å². The molecule has 0 saturated heterocycles. The molecular formula is C11H6F3N3O4. The molecule has 0 bridgehead atoms. The maximum Gasteiger partial charge on any atom is 0.416 e. The third kappa shape index (κ3) is 2.68. The fraction of sp³-hybridized carbons (Fsp3) is 0.0909. The molecule has 110 valence electrons. The van der Waals surface area contributed by atoms with E-state index in [4.69, 9.17) is 10.2 Å². The number of carboxylic acid groups (broad SMARTS) is 2. The number of aromatic nitrogens is 3. The van der Waals surface area contributed by atoms with Crippen LogP contribution in [0.5, 0.6) is 0 Å². The lowest BCUT2D eigenvalue weighted by Crippen LogP contribution is -2.13. The first kappa shape index (κ1) is 14.5. The molecule has 0 radical (unpaired) electrons. The van der Waals surface area contributed by atoms with Gasteiger partial charge in [-0.25, -0.2) is 14.3 Å². The molecule has 0 aliphatic heterocycles. The van der Waals surface area contributed by atoms with E-state index < -0.39 is 35.1 Å². The molecule has 0 aliphatic rings. The van der Waals surface area contributed by atoms with Crippen molar-refractivity contribution in [3.63, 3.8) is 0 Å². The third-order valence-electron chi connectivity index (χ3n) is 2.51. The summed E-state index contributed by atoms with van der Waals surface area (Å²) in [5.74, 6) is -3.22. The average molecular weight is 301 g/mol. The maximum absolute atomic E-state index is 12.4. The summed E-state index contributed by atoms with van der Waals surface area (Å²) in [6.45, 7) is 0. The van der Waals surface area contributed by atoms with E-state index >= 15 is 0 Å². The molecule has 0 spiro atoms. The van der Waals surface area contributed by atoms with E-state index in [0.717, 1.165) is 24.3 Å². The normalized spacial score (nSPS) is 11.4. The molecule has 10 heteroatoms.